The SMILES string of the molecule is Cl.N[C@@H]1CCN(C(=O)CCC2CCCC2)C1. The maximum atomic E-state index is 11.8. The molecule has 3 nitrogen and oxygen atoms in total. The van der Waals surface area contributed by atoms with Crippen LogP contribution in [-0.2, 0) is 4.79 Å². The first-order valence-electron chi connectivity index (χ1n) is 6.29. The van der Waals surface area contributed by atoms with Crippen LogP contribution in [-0.4, -0.2) is 29.9 Å². The van der Waals surface area contributed by atoms with E-state index >= 15 is 0 Å². The minimum Gasteiger partial charge on any atom is -0.341 e. The Labute approximate surface area is 104 Å². The molecule has 0 aromatic heterocycles. The van der Waals surface area contributed by atoms with Crippen LogP contribution in [0.1, 0.15) is 44.9 Å². The van der Waals surface area contributed by atoms with Crippen molar-refractivity contribution in [3.63, 3.8) is 0 Å². The van der Waals surface area contributed by atoms with Gasteiger partial charge in [0.15, 0.2) is 0 Å². The summed E-state index contributed by atoms with van der Waals surface area (Å²) >= 11 is 0. The van der Waals surface area contributed by atoms with Gasteiger partial charge in [-0.2, -0.15) is 0 Å². The van der Waals surface area contributed by atoms with Crippen molar-refractivity contribution in [2.75, 3.05) is 13.1 Å². The normalized spacial score (nSPS) is 25.8. The van der Waals surface area contributed by atoms with Gasteiger partial charge in [-0.15, -0.1) is 12.4 Å². The number of carbonyl (C=O) groups excluding carboxylic acids is 1. The topological polar surface area (TPSA) is 46.3 Å². The summed E-state index contributed by atoms with van der Waals surface area (Å²) in [7, 11) is 0. The average Bonchev–Trinajstić information content (AvgIpc) is 2.84. The Bertz CT molecular complexity index is 229. The molecule has 2 rings (SSSR count). The second-order valence-electron chi connectivity index (χ2n) is 5.08. The number of nitrogens with two attached hydrogens (primary N) is 1. The van der Waals surface area contributed by atoms with E-state index in [1.54, 1.807) is 0 Å². The van der Waals surface area contributed by atoms with Crippen molar-refractivity contribution in [1.82, 2.24) is 4.90 Å². The zero-order chi connectivity index (χ0) is 10.7. The molecule has 1 atom stereocenters. The van der Waals surface area contributed by atoms with E-state index in [-0.39, 0.29) is 18.4 Å². The molecule has 1 amide bonds. The quantitative estimate of drug-likeness (QED) is 0.827. The first kappa shape index (κ1) is 13.8. The van der Waals surface area contributed by atoms with Crippen LogP contribution in [0.5, 0.6) is 0 Å². The number of likely N-dealkylation sites (tertiary alicyclic amines) is 1. The highest BCUT2D eigenvalue weighted by Gasteiger charge is 2.24. The van der Waals surface area contributed by atoms with Crippen LogP contribution in [0.15, 0.2) is 0 Å². The summed E-state index contributed by atoms with van der Waals surface area (Å²) in [4.78, 5) is 13.8. The van der Waals surface area contributed by atoms with E-state index in [2.05, 4.69) is 0 Å². The van der Waals surface area contributed by atoms with Crippen LogP contribution in [0.25, 0.3) is 0 Å². The lowest BCUT2D eigenvalue weighted by Crippen LogP contribution is -2.31. The highest BCUT2D eigenvalue weighted by molar-refractivity contribution is 5.85. The monoisotopic (exact) mass is 246 g/mol. The number of hydrogen-bond acceptors (Lipinski definition) is 2. The smallest absolute Gasteiger partial charge is 0.222 e. The number of nitrogens with zero attached hydrogens (tertiary/aromatic N) is 1. The van der Waals surface area contributed by atoms with E-state index in [1.165, 1.54) is 25.7 Å². The Hall–Kier alpha value is -0.280. The van der Waals surface area contributed by atoms with Crippen LogP contribution in [0, 0.1) is 5.92 Å². The van der Waals surface area contributed by atoms with E-state index in [0.717, 1.165) is 38.3 Å². The molecule has 1 saturated carbocycles. The zero-order valence-electron chi connectivity index (χ0n) is 9.86. The van der Waals surface area contributed by atoms with E-state index in [1.807, 2.05) is 4.90 Å². The van der Waals surface area contributed by atoms with Gasteiger partial charge >= 0.3 is 0 Å². The lowest BCUT2D eigenvalue weighted by atomic mass is 10.0. The lowest BCUT2D eigenvalue weighted by molar-refractivity contribution is -0.130. The molecule has 1 aliphatic carbocycles. The van der Waals surface area contributed by atoms with Crippen molar-refractivity contribution < 1.29 is 4.79 Å². The second kappa shape index (κ2) is 6.45. The van der Waals surface area contributed by atoms with Crippen LogP contribution in [0.3, 0.4) is 0 Å². The van der Waals surface area contributed by atoms with Gasteiger partial charge in [-0.25, -0.2) is 0 Å². The molecule has 0 aromatic carbocycles. The molecule has 2 N–H and O–H groups in total. The van der Waals surface area contributed by atoms with Crippen LogP contribution in [0.4, 0.5) is 0 Å². The number of hydrogen-bond donors (Lipinski definition) is 1. The fourth-order valence-corrected chi connectivity index (χ4v) is 2.80. The first-order chi connectivity index (χ1) is 7.25. The minimum atomic E-state index is 0. The van der Waals surface area contributed by atoms with Crippen LogP contribution >= 0.6 is 12.4 Å². The van der Waals surface area contributed by atoms with Gasteiger partial charge in [0.1, 0.15) is 0 Å². The predicted molar refractivity (Wildman–Crippen MR) is 67.6 cm³/mol. The average molecular weight is 247 g/mol. The van der Waals surface area contributed by atoms with Crippen LogP contribution < -0.4 is 5.73 Å². The second-order valence-corrected chi connectivity index (χ2v) is 5.08. The standard InChI is InChI=1S/C12H22N2O.ClH/c13-11-7-8-14(9-11)12(15)6-5-10-3-1-2-4-10;/h10-11H,1-9,13H2;1H/t11-;/m1./s1. The van der Waals surface area contributed by atoms with E-state index < -0.39 is 0 Å². The highest BCUT2D eigenvalue weighted by atomic mass is 35.5. The maximum Gasteiger partial charge on any atom is 0.222 e. The molecular weight excluding hydrogens is 224 g/mol. The summed E-state index contributed by atoms with van der Waals surface area (Å²) in [6.07, 6.45) is 8.25. The summed E-state index contributed by atoms with van der Waals surface area (Å²) in [6.45, 7) is 1.66. The zero-order valence-corrected chi connectivity index (χ0v) is 10.7. The molecule has 1 heterocycles. The Kier molecular flexibility index (Phi) is 5.56. The number of halogens is 1. The van der Waals surface area contributed by atoms with Crippen molar-refractivity contribution >= 4 is 18.3 Å². The van der Waals surface area contributed by atoms with Crippen molar-refractivity contribution in [2.45, 2.75) is 51.0 Å². The first-order valence-corrected chi connectivity index (χ1v) is 6.29. The Morgan fingerprint density at radius 1 is 1.25 bits per heavy atom. The molecule has 1 aliphatic heterocycles. The van der Waals surface area contributed by atoms with Gasteiger partial charge in [0.25, 0.3) is 0 Å². The molecular formula is C12H23ClN2O. The molecule has 2 fully saturated rings. The van der Waals surface area contributed by atoms with Gasteiger partial charge in [-0.3, -0.25) is 4.79 Å². The van der Waals surface area contributed by atoms with E-state index in [4.69, 9.17) is 5.73 Å². The molecule has 0 spiro atoms. The number of rotatable bonds is 3. The van der Waals surface area contributed by atoms with Gasteiger partial charge < -0.3 is 10.6 Å². The molecule has 0 unspecified atom stereocenters. The van der Waals surface area contributed by atoms with Crippen molar-refractivity contribution in [2.24, 2.45) is 11.7 Å². The highest BCUT2D eigenvalue weighted by Crippen LogP contribution is 2.28. The number of carbonyl (C=O) groups is 1. The van der Waals surface area contributed by atoms with Crippen molar-refractivity contribution in [3.8, 4) is 0 Å². The third-order valence-corrected chi connectivity index (χ3v) is 3.82. The Morgan fingerprint density at radius 2 is 1.94 bits per heavy atom. The molecule has 0 aromatic rings. The molecule has 0 radical (unpaired) electrons. The van der Waals surface area contributed by atoms with Gasteiger partial charge in [0.05, 0.1) is 0 Å². The molecule has 1 saturated heterocycles. The number of amides is 1. The summed E-state index contributed by atoms with van der Waals surface area (Å²) in [5, 5.41) is 0. The van der Waals surface area contributed by atoms with Gasteiger partial charge in [-0.05, 0) is 18.8 Å². The third-order valence-electron chi connectivity index (χ3n) is 3.82. The van der Waals surface area contributed by atoms with Crippen molar-refractivity contribution in [1.29, 1.82) is 0 Å². The molecule has 2 aliphatic rings. The Morgan fingerprint density at radius 3 is 2.50 bits per heavy atom. The summed E-state index contributed by atoms with van der Waals surface area (Å²) < 4.78 is 0. The van der Waals surface area contributed by atoms with Crippen molar-refractivity contribution in [3.05, 3.63) is 0 Å². The molecule has 0 bridgehead atoms. The summed E-state index contributed by atoms with van der Waals surface area (Å²) in [5.41, 5.74) is 5.79. The van der Waals surface area contributed by atoms with Gasteiger partial charge in [0.2, 0.25) is 5.91 Å². The molecule has 94 valence electrons. The largest absolute Gasteiger partial charge is 0.341 e. The minimum absolute atomic E-state index is 0. The fraction of sp³-hybridized carbons (Fsp3) is 0.917. The van der Waals surface area contributed by atoms with Gasteiger partial charge in [0, 0.05) is 25.6 Å². The maximum absolute atomic E-state index is 11.8. The van der Waals surface area contributed by atoms with E-state index in [9.17, 15) is 4.79 Å². The lowest BCUT2D eigenvalue weighted by Gasteiger charge is -2.17. The summed E-state index contributed by atoms with van der Waals surface area (Å²) in [6, 6.07) is 0.223. The molecule has 4 heteroatoms. The van der Waals surface area contributed by atoms with Gasteiger partial charge in [-0.1, -0.05) is 25.7 Å². The van der Waals surface area contributed by atoms with E-state index in [0.29, 0.717) is 5.91 Å². The Balaban J connectivity index is 0.00000128. The molecule has 16 heavy (non-hydrogen) atoms. The summed E-state index contributed by atoms with van der Waals surface area (Å²) in [5.74, 6) is 1.15. The third kappa shape index (κ3) is 3.63. The van der Waals surface area contributed by atoms with Crippen LogP contribution in [0.2, 0.25) is 0 Å². The predicted octanol–water partition coefficient (Wildman–Crippen LogP) is 1.94. The fourth-order valence-electron chi connectivity index (χ4n) is 2.80.